The lowest BCUT2D eigenvalue weighted by Gasteiger charge is -2.32. The van der Waals surface area contributed by atoms with Crippen molar-refractivity contribution >= 4 is 16.7 Å². The number of ether oxygens (including phenoxy) is 1. The number of nitrogens with zero attached hydrogens (tertiary/aromatic N) is 4. The molecule has 0 aliphatic carbocycles. The van der Waals surface area contributed by atoms with E-state index in [0.717, 1.165) is 68.3 Å². The zero-order valence-electron chi connectivity index (χ0n) is 16.4. The number of benzene rings is 2. The summed E-state index contributed by atoms with van der Waals surface area (Å²) in [6, 6.07) is 14.1. The van der Waals surface area contributed by atoms with Crippen LogP contribution in [0.3, 0.4) is 0 Å². The second-order valence-corrected chi connectivity index (χ2v) is 7.76. The van der Waals surface area contributed by atoms with E-state index in [1.165, 1.54) is 5.39 Å². The van der Waals surface area contributed by atoms with Crippen LogP contribution in [-0.2, 0) is 17.9 Å². The number of carbonyl (C=O) groups is 1. The number of likely N-dealkylation sites (tertiary alicyclic amines) is 1. The average Bonchev–Trinajstić information content (AvgIpc) is 3.21. The summed E-state index contributed by atoms with van der Waals surface area (Å²) in [6.07, 6.45) is 1.85. The van der Waals surface area contributed by atoms with Gasteiger partial charge in [-0.3, -0.25) is 4.79 Å². The number of fused-ring (bicyclic) bond motifs is 2. The predicted octanol–water partition coefficient (Wildman–Crippen LogP) is 2.32. The number of nitrogens with one attached hydrogen (secondary N) is 1. The first kappa shape index (κ1) is 18.1. The molecular formula is C22H25N5O2. The lowest BCUT2D eigenvalue weighted by atomic mass is 9.95. The van der Waals surface area contributed by atoms with E-state index in [1.807, 2.05) is 41.3 Å². The lowest BCUT2D eigenvalue weighted by molar-refractivity contribution is -0.134. The van der Waals surface area contributed by atoms with Crippen molar-refractivity contribution < 1.29 is 9.53 Å². The Hall–Kier alpha value is -2.93. The van der Waals surface area contributed by atoms with Gasteiger partial charge in [-0.25, -0.2) is 0 Å². The van der Waals surface area contributed by atoms with Crippen LogP contribution < -0.4 is 10.1 Å². The maximum atomic E-state index is 12.6. The standard InChI is InChI=1S/C22H25N5O2/c28-21(15-29-19-6-5-16-3-1-2-4-18(16)13-19)26-10-7-17(8-11-26)22-25-24-20-14-23-9-12-27(20)22/h1-6,13,17,23H,7-12,14-15H2. The van der Waals surface area contributed by atoms with E-state index in [1.54, 1.807) is 0 Å². The minimum absolute atomic E-state index is 0.0454. The summed E-state index contributed by atoms with van der Waals surface area (Å²) >= 11 is 0. The first-order chi connectivity index (χ1) is 14.3. The SMILES string of the molecule is O=C(COc1ccc2ccccc2c1)N1CCC(c2nnc3n2CCNC3)CC1. The van der Waals surface area contributed by atoms with Crippen molar-refractivity contribution in [3.05, 3.63) is 54.1 Å². The number of aromatic nitrogens is 3. The van der Waals surface area contributed by atoms with E-state index in [9.17, 15) is 4.79 Å². The molecule has 2 aliphatic rings. The summed E-state index contributed by atoms with van der Waals surface area (Å²) < 4.78 is 8.03. The number of amides is 1. The van der Waals surface area contributed by atoms with Crippen molar-refractivity contribution in [3.63, 3.8) is 0 Å². The van der Waals surface area contributed by atoms with Crippen LogP contribution in [-0.4, -0.2) is 51.8 Å². The zero-order chi connectivity index (χ0) is 19.6. The van der Waals surface area contributed by atoms with Gasteiger partial charge in [0, 0.05) is 32.1 Å². The average molecular weight is 391 g/mol. The van der Waals surface area contributed by atoms with Crippen molar-refractivity contribution in [1.82, 2.24) is 25.0 Å². The molecule has 0 radical (unpaired) electrons. The maximum Gasteiger partial charge on any atom is 0.260 e. The van der Waals surface area contributed by atoms with Gasteiger partial charge in [-0.1, -0.05) is 30.3 Å². The molecule has 150 valence electrons. The van der Waals surface area contributed by atoms with Crippen molar-refractivity contribution in [2.45, 2.75) is 31.8 Å². The second kappa shape index (κ2) is 7.83. The topological polar surface area (TPSA) is 72.3 Å². The number of carbonyl (C=O) groups excluding carboxylic acids is 1. The van der Waals surface area contributed by atoms with Gasteiger partial charge in [0.15, 0.2) is 6.61 Å². The molecule has 29 heavy (non-hydrogen) atoms. The Morgan fingerprint density at radius 2 is 1.90 bits per heavy atom. The molecule has 0 unspecified atom stereocenters. The largest absolute Gasteiger partial charge is 0.484 e. The highest BCUT2D eigenvalue weighted by atomic mass is 16.5. The van der Waals surface area contributed by atoms with Crippen LogP contribution >= 0.6 is 0 Å². The Morgan fingerprint density at radius 3 is 2.76 bits per heavy atom. The zero-order valence-corrected chi connectivity index (χ0v) is 16.4. The fourth-order valence-electron chi connectivity index (χ4n) is 4.30. The molecule has 1 fully saturated rings. The van der Waals surface area contributed by atoms with Crippen molar-refractivity contribution in [2.24, 2.45) is 0 Å². The third-order valence-corrected chi connectivity index (χ3v) is 5.95. The number of hydrogen-bond donors (Lipinski definition) is 1. The third kappa shape index (κ3) is 3.70. The predicted molar refractivity (Wildman–Crippen MR) is 110 cm³/mol. The van der Waals surface area contributed by atoms with Crippen LogP contribution in [0.1, 0.15) is 30.4 Å². The molecule has 1 saturated heterocycles. The van der Waals surface area contributed by atoms with Gasteiger partial charge in [-0.15, -0.1) is 10.2 Å². The Balaban J connectivity index is 1.16. The highest BCUT2D eigenvalue weighted by Crippen LogP contribution is 2.28. The van der Waals surface area contributed by atoms with E-state index in [4.69, 9.17) is 4.74 Å². The van der Waals surface area contributed by atoms with Gasteiger partial charge in [0.2, 0.25) is 0 Å². The molecule has 0 spiro atoms. The first-order valence-corrected chi connectivity index (χ1v) is 10.3. The van der Waals surface area contributed by atoms with Crippen LogP contribution in [0.2, 0.25) is 0 Å². The summed E-state index contributed by atoms with van der Waals surface area (Å²) in [7, 11) is 0. The van der Waals surface area contributed by atoms with Crippen LogP contribution in [0.5, 0.6) is 5.75 Å². The van der Waals surface area contributed by atoms with Crippen molar-refractivity contribution in [2.75, 3.05) is 26.2 Å². The quantitative estimate of drug-likeness (QED) is 0.739. The molecule has 7 heteroatoms. The Morgan fingerprint density at radius 1 is 1.07 bits per heavy atom. The van der Waals surface area contributed by atoms with Gasteiger partial charge < -0.3 is 19.5 Å². The highest BCUT2D eigenvalue weighted by Gasteiger charge is 2.28. The molecule has 1 amide bonds. The summed E-state index contributed by atoms with van der Waals surface area (Å²) in [5.41, 5.74) is 0. The Bertz CT molecular complexity index is 1020. The smallest absolute Gasteiger partial charge is 0.260 e. The lowest BCUT2D eigenvalue weighted by Crippen LogP contribution is -2.41. The molecule has 0 saturated carbocycles. The molecule has 7 nitrogen and oxygen atoms in total. The fourth-order valence-corrected chi connectivity index (χ4v) is 4.30. The Labute approximate surface area is 169 Å². The van der Waals surface area contributed by atoms with Gasteiger partial charge >= 0.3 is 0 Å². The molecule has 2 aliphatic heterocycles. The second-order valence-electron chi connectivity index (χ2n) is 7.76. The molecule has 1 N–H and O–H groups in total. The molecule has 3 heterocycles. The van der Waals surface area contributed by atoms with E-state index < -0.39 is 0 Å². The van der Waals surface area contributed by atoms with Crippen LogP contribution in [0, 0.1) is 0 Å². The molecular weight excluding hydrogens is 366 g/mol. The van der Waals surface area contributed by atoms with E-state index in [0.29, 0.717) is 5.92 Å². The van der Waals surface area contributed by atoms with E-state index >= 15 is 0 Å². The summed E-state index contributed by atoms with van der Waals surface area (Å²) in [6.45, 7) is 4.24. The molecule has 1 aromatic heterocycles. The monoisotopic (exact) mass is 391 g/mol. The summed E-state index contributed by atoms with van der Waals surface area (Å²) in [5.74, 6) is 3.26. The summed E-state index contributed by atoms with van der Waals surface area (Å²) in [4.78, 5) is 14.5. The van der Waals surface area contributed by atoms with Gasteiger partial charge in [-0.05, 0) is 35.7 Å². The summed E-state index contributed by atoms with van der Waals surface area (Å²) in [5, 5.41) is 14.4. The van der Waals surface area contributed by atoms with Crippen molar-refractivity contribution in [3.8, 4) is 5.75 Å². The molecule has 0 bridgehead atoms. The fraction of sp³-hybridized carbons (Fsp3) is 0.409. The van der Waals surface area contributed by atoms with Gasteiger partial charge in [0.05, 0.1) is 6.54 Å². The molecule has 2 aromatic carbocycles. The van der Waals surface area contributed by atoms with Crippen molar-refractivity contribution in [1.29, 1.82) is 0 Å². The van der Waals surface area contributed by atoms with E-state index in [2.05, 4.69) is 26.1 Å². The number of piperidine rings is 1. The first-order valence-electron chi connectivity index (χ1n) is 10.3. The van der Waals surface area contributed by atoms with Crippen LogP contribution in [0.15, 0.2) is 42.5 Å². The van der Waals surface area contributed by atoms with Gasteiger partial charge in [0.25, 0.3) is 5.91 Å². The van der Waals surface area contributed by atoms with Crippen LogP contribution in [0.25, 0.3) is 10.8 Å². The maximum absolute atomic E-state index is 12.6. The molecule has 0 atom stereocenters. The van der Waals surface area contributed by atoms with Gasteiger partial charge in [-0.2, -0.15) is 0 Å². The van der Waals surface area contributed by atoms with Gasteiger partial charge in [0.1, 0.15) is 17.4 Å². The van der Waals surface area contributed by atoms with Crippen LogP contribution in [0.4, 0.5) is 0 Å². The molecule has 3 aromatic rings. The Kier molecular flexibility index (Phi) is 4.89. The minimum atomic E-state index is 0.0454. The van der Waals surface area contributed by atoms with E-state index in [-0.39, 0.29) is 12.5 Å². The third-order valence-electron chi connectivity index (χ3n) is 5.95. The molecule has 5 rings (SSSR count). The highest BCUT2D eigenvalue weighted by molar-refractivity contribution is 5.84. The normalized spacial score (nSPS) is 17.3. The minimum Gasteiger partial charge on any atom is -0.484 e. The number of hydrogen-bond acceptors (Lipinski definition) is 5. The number of rotatable bonds is 4.